The minimum absolute atomic E-state index is 0.100. The van der Waals surface area contributed by atoms with Crippen LogP contribution >= 0.6 is 22.9 Å². The molecule has 0 radical (unpaired) electrons. The van der Waals surface area contributed by atoms with E-state index >= 15 is 0 Å². The van der Waals surface area contributed by atoms with Crippen molar-refractivity contribution in [2.45, 2.75) is 50.3 Å². The molecule has 1 unspecified atom stereocenters. The molecule has 5 atom stereocenters. The quantitative estimate of drug-likeness (QED) is 0.437. The third-order valence-electron chi connectivity index (χ3n) is 5.11. The second-order valence-corrected chi connectivity index (χ2v) is 8.33. The summed E-state index contributed by atoms with van der Waals surface area (Å²) < 4.78 is 7.14. The van der Waals surface area contributed by atoms with Crippen LogP contribution in [0.25, 0.3) is 11.2 Å². The summed E-state index contributed by atoms with van der Waals surface area (Å²) in [6, 6.07) is 1.99. The van der Waals surface area contributed by atoms with Crippen molar-refractivity contribution in [1.29, 1.82) is 0 Å². The molecule has 4 N–H and O–H groups in total. The van der Waals surface area contributed by atoms with E-state index in [1.54, 1.807) is 15.9 Å². The molecule has 3 aromatic heterocycles. The van der Waals surface area contributed by atoms with Crippen LogP contribution in [-0.4, -0.2) is 65.8 Å². The zero-order valence-electron chi connectivity index (χ0n) is 15.6. The highest BCUT2D eigenvalue weighted by molar-refractivity contribution is 7.10. The van der Waals surface area contributed by atoms with E-state index in [4.69, 9.17) is 16.3 Å². The lowest BCUT2D eigenvalue weighted by molar-refractivity contribution is -0.0511. The van der Waals surface area contributed by atoms with Gasteiger partial charge in [-0.25, -0.2) is 15.0 Å². The Morgan fingerprint density at radius 1 is 1.31 bits per heavy atom. The number of halogens is 1. The van der Waals surface area contributed by atoms with Crippen molar-refractivity contribution in [1.82, 2.24) is 19.5 Å². The van der Waals surface area contributed by atoms with Gasteiger partial charge in [-0.2, -0.15) is 0 Å². The van der Waals surface area contributed by atoms with Crippen molar-refractivity contribution >= 4 is 39.9 Å². The van der Waals surface area contributed by atoms with E-state index in [2.05, 4.69) is 27.2 Å². The zero-order valence-corrected chi connectivity index (χ0v) is 17.2. The first-order valence-corrected chi connectivity index (χ1v) is 10.6. The second kappa shape index (κ2) is 8.50. The van der Waals surface area contributed by atoms with Crippen LogP contribution in [0.5, 0.6) is 0 Å². The Labute approximate surface area is 176 Å². The lowest BCUT2D eigenvalue weighted by Gasteiger charge is -2.18. The van der Waals surface area contributed by atoms with Gasteiger partial charge >= 0.3 is 0 Å². The fraction of sp³-hybridized carbons (Fsp3) is 0.500. The Balaban J connectivity index is 1.60. The van der Waals surface area contributed by atoms with Gasteiger partial charge in [0.1, 0.15) is 24.6 Å². The van der Waals surface area contributed by atoms with Gasteiger partial charge in [0.05, 0.1) is 18.0 Å². The van der Waals surface area contributed by atoms with Crippen LogP contribution in [0.1, 0.15) is 24.4 Å². The molecule has 1 saturated heterocycles. The SMILES string of the molecule is CCC(Cc1sccc1Cl)Nc1ncnc2c1ncn2[C@@H]1O[C@H](CO)[C@@H](O)[C@H]1O. The molecular weight excluding hydrogens is 418 g/mol. The van der Waals surface area contributed by atoms with Crippen molar-refractivity contribution in [2.24, 2.45) is 0 Å². The van der Waals surface area contributed by atoms with Crippen LogP contribution in [0, 0.1) is 0 Å². The third-order valence-corrected chi connectivity index (χ3v) is 6.52. The molecule has 0 amide bonds. The zero-order chi connectivity index (χ0) is 20.5. The number of ether oxygens (including phenoxy) is 1. The average molecular weight is 440 g/mol. The van der Waals surface area contributed by atoms with Gasteiger partial charge in [-0.15, -0.1) is 11.3 Å². The fourth-order valence-electron chi connectivity index (χ4n) is 3.44. The van der Waals surface area contributed by atoms with Crippen molar-refractivity contribution in [3.05, 3.63) is 34.0 Å². The summed E-state index contributed by atoms with van der Waals surface area (Å²) in [6.45, 7) is 1.68. The van der Waals surface area contributed by atoms with Crippen LogP contribution in [0.2, 0.25) is 5.02 Å². The van der Waals surface area contributed by atoms with E-state index in [1.807, 2.05) is 11.4 Å². The molecule has 1 fully saturated rings. The van der Waals surface area contributed by atoms with E-state index in [0.29, 0.717) is 17.0 Å². The van der Waals surface area contributed by atoms with Crippen LogP contribution in [0.4, 0.5) is 5.82 Å². The lowest BCUT2D eigenvalue weighted by atomic mass is 10.1. The maximum Gasteiger partial charge on any atom is 0.167 e. The van der Waals surface area contributed by atoms with Crippen molar-refractivity contribution in [3.8, 4) is 0 Å². The number of nitrogens with one attached hydrogen (secondary N) is 1. The molecule has 0 aromatic carbocycles. The molecule has 0 spiro atoms. The molecule has 1 aliphatic heterocycles. The minimum atomic E-state index is -1.21. The average Bonchev–Trinajstić information content (AvgIpc) is 3.41. The molecular formula is C18H22ClN5O4S. The van der Waals surface area contributed by atoms with Crippen molar-refractivity contribution in [3.63, 3.8) is 0 Å². The number of hydrogen-bond acceptors (Lipinski definition) is 9. The number of anilines is 1. The molecule has 9 nitrogen and oxygen atoms in total. The Morgan fingerprint density at radius 3 is 2.79 bits per heavy atom. The van der Waals surface area contributed by atoms with Gasteiger partial charge in [0.15, 0.2) is 23.2 Å². The number of fused-ring (bicyclic) bond motifs is 1. The van der Waals surface area contributed by atoms with Crippen molar-refractivity contribution < 1.29 is 20.1 Å². The summed E-state index contributed by atoms with van der Waals surface area (Å²) in [6.07, 6.45) is 0.344. The first-order chi connectivity index (χ1) is 14.0. The maximum atomic E-state index is 10.3. The number of aromatic nitrogens is 4. The van der Waals surface area contributed by atoms with Gasteiger partial charge in [0, 0.05) is 17.3 Å². The predicted molar refractivity (Wildman–Crippen MR) is 109 cm³/mol. The molecule has 0 saturated carbocycles. The van der Waals surface area contributed by atoms with Gasteiger partial charge in [-0.3, -0.25) is 4.57 Å². The van der Waals surface area contributed by atoms with Gasteiger partial charge in [0.25, 0.3) is 0 Å². The number of aliphatic hydroxyl groups is 3. The smallest absolute Gasteiger partial charge is 0.167 e. The topological polar surface area (TPSA) is 126 Å². The largest absolute Gasteiger partial charge is 0.394 e. The van der Waals surface area contributed by atoms with Crippen LogP contribution < -0.4 is 5.32 Å². The summed E-state index contributed by atoms with van der Waals surface area (Å²) in [5, 5.41) is 35.8. The summed E-state index contributed by atoms with van der Waals surface area (Å²) in [5.41, 5.74) is 0.988. The molecule has 29 heavy (non-hydrogen) atoms. The second-order valence-electron chi connectivity index (χ2n) is 6.92. The molecule has 11 heteroatoms. The summed E-state index contributed by atoms with van der Waals surface area (Å²) in [4.78, 5) is 14.1. The lowest BCUT2D eigenvalue weighted by Crippen LogP contribution is -2.33. The first kappa shape index (κ1) is 20.5. The first-order valence-electron chi connectivity index (χ1n) is 9.31. The van der Waals surface area contributed by atoms with Gasteiger partial charge in [-0.05, 0) is 17.9 Å². The number of aliphatic hydroxyl groups excluding tert-OH is 3. The molecule has 0 aliphatic carbocycles. The maximum absolute atomic E-state index is 10.3. The number of thiophene rings is 1. The Kier molecular flexibility index (Phi) is 6.00. The predicted octanol–water partition coefficient (Wildman–Crippen LogP) is 1.59. The monoisotopic (exact) mass is 439 g/mol. The molecule has 0 bridgehead atoms. The van der Waals surface area contributed by atoms with E-state index in [9.17, 15) is 15.3 Å². The number of nitrogens with zero attached hydrogens (tertiary/aromatic N) is 4. The molecule has 156 valence electrons. The number of imidazole rings is 1. The Hall–Kier alpha value is -1.82. The van der Waals surface area contributed by atoms with Gasteiger partial charge < -0.3 is 25.4 Å². The molecule has 4 rings (SSSR count). The Bertz CT molecular complexity index is 982. The van der Waals surface area contributed by atoms with E-state index in [-0.39, 0.29) is 6.04 Å². The van der Waals surface area contributed by atoms with Crippen molar-refractivity contribution in [2.75, 3.05) is 11.9 Å². The highest BCUT2D eigenvalue weighted by Crippen LogP contribution is 2.32. The van der Waals surface area contributed by atoms with Gasteiger partial charge in [-0.1, -0.05) is 18.5 Å². The Morgan fingerprint density at radius 2 is 2.14 bits per heavy atom. The highest BCUT2D eigenvalue weighted by Gasteiger charge is 2.44. The summed E-state index contributed by atoms with van der Waals surface area (Å²) in [7, 11) is 0. The molecule has 4 heterocycles. The normalized spacial score (nSPS) is 25.6. The van der Waals surface area contributed by atoms with Gasteiger partial charge in [0.2, 0.25) is 0 Å². The van der Waals surface area contributed by atoms with Crippen LogP contribution in [0.15, 0.2) is 24.1 Å². The van der Waals surface area contributed by atoms with E-state index in [1.165, 1.54) is 12.7 Å². The molecule has 1 aliphatic rings. The summed E-state index contributed by atoms with van der Waals surface area (Å²) in [5.74, 6) is 0.569. The number of rotatable bonds is 7. The van der Waals surface area contributed by atoms with E-state index < -0.39 is 31.1 Å². The van der Waals surface area contributed by atoms with Crippen LogP contribution in [0.3, 0.4) is 0 Å². The summed E-state index contributed by atoms with van der Waals surface area (Å²) >= 11 is 7.85. The third kappa shape index (κ3) is 3.83. The minimum Gasteiger partial charge on any atom is -0.394 e. The number of hydrogen-bond donors (Lipinski definition) is 4. The standard InChI is InChI=1S/C18H22ClN5O4S/c1-2-9(5-12-10(19)3-4-29-12)23-16-13-17(21-7-20-16)24(8-22-13)18-15(27)14(26)11(6-25)28-18/h3-4,7-9,11,14-15,18,25-27H,2,5-6H2,1H3,(H,20,21,23)/t9?,11-,14-,15-,18-/m1/s1. The fourth-order valence-corrected chi connectivity index (χ4v) is 4.63. The highest BCUT2D eigenvalue weighted by atomic mass is 35.5. The molecule has 3 aromatic rings. The van der Waals surface area contributed by atoms with Crippen LogP contribution in [-0.2, 0) is 11.2 Å². The van der Waals surface area contributed by atoms with E-state index in [0.717, 1.165) is 22.7 Å².